The number of benzene rings is 2. The van der Waals surface area contributed by atoms with Crippen molar-refractivity contribution < 1.29 is 17.2 Å². The summed E-state index contributed by atoms with van der Waals surface area (Å²) in [6.07, 6.45) is 0. The number of nitrogens with zero attached hydrogens (tertiary/aromatic N) is 3. The zero-order valence-corrected chi connectivity index (χ0v) is 16.3. The molecule has 0 saturated heterocycles. The molecule has 0 radical (unpaired) electrons. The molecule has 0 spiro atoms. The molecule has 0 aliphatic carbocycles. The fourth-order valence-corrected chi connectivity index (χ4v) is 4.01. The lowest BCUT2D eigenvalue weighted by Crippen LogP contribution is -2.11. The van der Waals surface area contributed by atoms with E-state index in [0.717, 1.165) is 22.5 Å². The Morgan fingerprint density at radius 1 is 1.04 bits per heavy atom. The molecule has 0 atom stereocenters. The summed E-state index contributed by atoms with van der Waals surface area (Å²) in [5.74, 6) is -2.16. The van der Waals surface area contributed by atoms with Gasteiger partial charge < -0.3 is 4.57 Å². The quantitative estimate of drug-likeness (QED) is 0.574. The van der Waals surface area contributed by atoms with Crippen LogP contribution in [0.1, 0.15) is 11.1 Å². The lowest BCUT2D eigenvalue weighted by atomic mass is 10.1. The fraction of sp³-hybridized carbons (Fsp3) is 0.222. The molecule has 3 rings (SSSR count). The monoisotopic (exact) mass is 409 g/mol. The molecular formula is C18H17F2N3O2S2. The van der Waals surface area contributed by atoms with E-state index in [9.17, 15) is 17.2 Å². The highest BCUT2D eigenvalue weighted by Crippen LogP contribution is 2.26. The van der Waals surface area contributed by atoms with Crippen LogP contribution >= 0.6 is 11.8 Å². The molecular weight excluding hydrogens is 392 g/mol. The number of sulfone groups is 1. The number of aromatic nitrogens is 3. The Bertz CT molecular complexity index is 1030. The average molecular weight is 409 g/mol. The molecule has 0 amide bonds. The number of hydrogen-bond acceptors (Lipinski definition) is 5. The van der Waals surface area contributed by atoms with Gasteiger partial charge in [-0.1, -0.05) is 53.7 Å². The second-order valence-corrected chi connectivity index (χ2v) is 8.83. The van der Waals surface area contributed by atoms with E-state index in [-0.39, 0.29) is 4.90 Å². The summed E-state index contributed by atoms with van der Waals surface area (Å²) >= 11 is 1.43. The van der Waals surface area contributed by atoms with Gasteiger partial charge in [0, 0.05) is 18.4 Å². The minimum absolute atomic E-state index is 0.383. The number of hydrogen-bond donors (Lipinski definition) is 0. The average Bonchev–Trinajstić information content (AvgIpc) is 3.01. The molecule has 0 unspecified atom stereocenters. The van der Waals surface area contributed by atoms with Crippen LogP contribution in [0, 0.1) is 6.92 Å². The molecule has 27 heavy (non-hydrogen) atoms. The zero-order valence-electron chi connectivity index (χ0n) is 14.6. The summed E-state index contributed by atoms with van der Waals surface area (Å²) in [5.41, 5.74) is 2.92. The van der Waals surface area contributed by atoms with Crippen molar-refractivity contribution in [3.63, 3.8) is 0 Å². The van der Waals surface area contributed by atoms with Gasteiger partial charge in [0.15, 0.2) is 11.0 Å². The van der Waals surface area contributed by atoms with E-state index in [1.807, 2.05) is 42.8 Å². The first kappa shape index (κ1) is 19.5. The maximum Gasteiger partial charge on any atom is 0.341 e. The van der Waals surface area contributed by atoms with Crippen LogP contribution in [-0.2, 0) is 22.6 Å². The molecule has 0 aliphatic rings. The third-order valence-electron chi connectivity index (χ3n) is 4.00. The van der Waals surface area contributed by atoms with Crippen molar-refractivity contribution in [3.05, 3.63) is 59.7 Å². The van der Waals surface area contributed by atoms with Crippen LogP contribution in [0.15, 0.2) is 58.6 Å². The van der Waals surface area contributed by atoms with Gasteiger partial charge >= 0.3 is 5.76 Å². The Morgan fingerprint density at radius 3 is 2.26 bits per heavy atom. The molecule has 0 fully saturated rings. The van der Waals surface area contributed by atoms with Crippen LogP contribution < -0.4 is 0 Å². The normalized spacial score (nSPS) is 11.9. The van der Waals surface area contributed by atoms with E-state index < -0.39 is 15.6 Å². The van der Waals surface area contributed by atoms with Gasteiger partial charge in [-0.2, -0.15) is 8.78 Å². The van der Waals surface area contributed by atoms with E-state index >= 15 is 0 Å². The summed E-state index contributed by atoms with van der Waals surface area (Å²) < 4.78 is 49.9. The van der Waals surface area contributed by atoms with Gasteiger partial charge in [0.2, 0.25) is 9.84 Å². The van der Waals surface area contributed by atoms with Crippen LogP contribution in [0.5, 0.6) is 0 Å². The van der Waals surface area contributed by atoms with Gasteiger partial charge in [-0.3, -0.25) is 0 Å². The van der Waals surface area contributed by atoms with Crippen LogP contribution in [0.2, 0.25) is 0 Å². The summed E-state index contributed by atoms with van der Waals surface area (Å²) in [4.78, 5) is -0.383. The summed E-state index contributed by atoms with van der Waals surface area (Å²) in [5, 5.41) is 9.12. The maximum absolute atomic E-state index is 12.6. The van der Waals surface area contributed by atoms with Crippen LogP contribution in [0.4, 0.5) is 8.78 Å². The molecule has 2 aromatic carbocycles. The van der Waals surface area contributed by atoms with Crippen molar-refractivity contribution in [1.29, 1.82) is 0 Å². The number of halogens is 2. The number of rotatable bonds is 6. The van der Waals surface area contributed by atoms with E-state index in [2.05, 4.69) is 10.2 Å². The number of thioether (sulfide) groups is 1. The predicted molar refractivity (Wildman–Crippen MR) is 100 cm³/mol. The number of alkyl halides is 2. The minimum Gasteiger partial charge on any atom is -0.305 e. The SMILES string of the molecule is Cc1ccc(-c2nnc(SCc3ccc(S(=O)(=O)C(F)F)cc3)n2C)cc1. The molecule has 1 heterocycles. The summed E-state index contributed by atoms with van der Waals surface area (Å²) in [7, 11) is -2.69. The topological polar surface area (TPSA) is 64.8 Å². The number of aryl methyl sites for hydroxylation is 1. The fourth-order valence-electron chi connectivity index (χ4n) is 2.42. The largest absolute Gasteiger partial charge is 0.341 e. The Kier molecular flexibility index (Phi) is 5.61. The van der Waals surface area contributed by atoms with E-state index in [4.69, 9.17) is 0 Å². The zero-order chi connectivity index (χ0) is 19.6. The van der Waals surface area contributed by atoms with Crippen molar-refractivity contribution >= 4 is 21.6 Å². The first-order chi connectivity index (χ1) is 12.8. The highest BCUT2D eigenvalue weighted by atomic mass is 32.2. The minimum atomic E-state index is -4.56. The predicted octanol–water partition coefficient (Wildman–Crippen LogP) is 4.08. The highest BCUT2D eigenvalue weighted by molar-refractivity contribution is 7.98. The molecule has 0 bridgehead atoms. The van der Waals surface area contributed by atoms with E-state index in [0.29, 0.717) is 10.9 Å². The maximum atomic E-state index is 12.6. The lowest BCUT2D eigenvalue weighted by molar-refractivity contribution is 0.234. The van der Waals surface area contributed by atoms with Gasteiger partial charge in [-0.05, 0) is 24.6 Å². The Labute approximate surface area is 160 Å². The molecule has 142 valence electrons. The summed E-state index contributed by atoms with van der Waals surface area (Å²) in [6, 6.07) is 13.4. The van der Waals surface area contributed by atoms with Gasteiger partial charge in [0.05, 0.1) is 4.90 Å². The molecule has 3 aromatic rings. The molecule has 1 aromatic heterocycles. The van der Waals surface area contributed by atoms with Crippen molar-refractivity contribution in [1.82, 2.24) is 14.8 Å². The summed E-state index contributed by atoms with van der Waals surface area (Å²) in [6.45, 7) is 2.01. The van der Waals surface area contributed by atoms with Crippen LogP contribution in [0.3, 0.4) is 0 Å². The first-order valence-electron chi connectivity index (χ1n) is 7.99. The Morgan fingerprint density at radius 2 is 1.67 bits per heavy atom. The molecule has 0 aliphatic heterocycles. The third-order valence-corrected chi connectivity index (χ3v) is 6.49. The van der Waals surface area contributed by atoms with Crippen LogP contribution in [0.25, 0.3) is 11.4 Å². The van der Waals surface area contributed by atoms with Crippen molar-refractivity contribution in [2.75, 3.05) is 0 Å². The van der Waals surface area contributed by atoms with Gasteiger partial charge in [0.1, 0.15) is 0 Å². The molecule has 0 N–H and O–H groups in total. The van der Waals surface area contributed by atoms with E-state index in [1.54, 1.807) is 0 Å². The second kappa shape index (κ2) is 7.77. The van der Waals surface area contributed by atoms with Gasteiger partial charge in [-0.15, -0.1) is 10.2 Å². The van der Waals surface area contributed by atoms with Crippen molar-refractivity contribution in [3.8, 4) is 11.4 Å². The van der Waals surface area contributed by atoms with E-state index in [1.165, 1.54) is 36.0 Å². The second-order valence-electron chi connectivity index (χ2n) is 5.97. The van der Waals surface area contributed by atoms with Crippen molar-refractivity contribution in [2.24, 2.45) is 7.05 Å². The standard InChI is InChI=1S/C18H17F2N3O2S2/c1-12-3-7-14(8-4-12)16-21-22-18(23(16)2)26-11-13-5-9-15(10-6-13)27(24,25)17(19)20/h3-10,17H,11H2,1-2H3. The van der Waals surface area contributed by atoms with Crippen molar-refractivity contribution in [2.45, 2.75) is 28.5 Å². The third kappa shape index (κ3) is 4.19. The van der Waals surface area contributed by atoms with Gasteiger partial charge in [0.25, 0.3) is 0 Å². The van der Waals surface area contributed by atoms with Crippen LogP contribution in [-0.4, -0.2) is 28.9 Å². The molecule has 5 nitrogen and oxygen atoms in total. The first-order valence-corrected chi connectivity index (χ1v) is 10.5. The molecule has 0 saturated carbocycles. The lowest BCUT2D eigenvalue weighted by Gasteiger charge is -2.06. The van der Waals surface area contributed by atoms with Gasteiger partial charge in [-0.25, -0.2) is 8.42 Å². The highest BCUT2D eigenvalue weighted by Gasteiger charge is 2.26. The smallest absolute Gasteiger partial charge is 0.305 e. The Hall–Kier alpha value is -2.26. The Balaban J connectivity index is 1.72. The molecule has 9 heteroatoms.